The molecule has 1 aliphatic heterocycles. The minimum Gasteiger partial charge on any atom is -0.490 e. The van der Waals surface area contributed by atoms with Gasteiger partial charge in [-0.1, -0.05) is 30.3 Å². The summed E-state index contributed by atoms with van der Waals surface area (Å²) in [6.45, 7) is 1.13. The molecule has 0 atom stereocenters. The summed E-state index contributed by atoms with van der Waals surface area (Å²) < 4.78 is 11.5. The molecule has 0 fully saturated rings. The molecule has 0 aliphatic carbocycles. The molecule has 2 aromatic carbocycles. The van der Waals surface area contributed by atoms with Crippen LogP contribution >= 0.6 is 0 Å². The van der Waals surface area contributed by atoms with Gasteiger partial charge in [0.2, 0.25) is 11.9 Å². The number of nitrogens with zero attached hydrogens (tertiary/aromatic N) is 4. The lowest BCUT2D eigenvalue weighted by molar-refractivity contribution is 0.296. The van der Waals surface area contributed by atoms with Crippen LogP contribution in [0.4, 0.5) is 17.6 Å². The van der Waals surface area contributed by atoms with Crippen molar-refractivity contribution in [2.24, 2.45) is 0 Å². The lowest BCUT2D eigenvalue weighted by Gasteiger charge is -2.10. The van der Waals surface area contributed by atoms with Gasteiger partial charge < -0.3 is 20.5 Å². The largest absolute Gasteiger partial charge is 0.490 e. The van der Waals surface area contributed by atoms with Crippen LogP contribution in [0.15, 0.2) is 48.5 Å². The maximum atomic E-state index is 9.72. The Labute approximate surface area is 167 Å². The molecule has 0 bridgehead atoms. The number of aromatic nitrogens is 3. The summed E-state index contributed by atoms with van der Waals surface area (Å²) in [5, 5.41) is 12.8. The molecule has 0 amide bonds. The van der Waals surface area contributed by atoms with Crippen LogP contribution in [0, 0.1) is 11.3 Å². The first-order valence-electron chi connectivity index (χ1n) is 9.07. The fraction of sp³-hybridized carbons (Fsp3) is 0.143. The van der Waals surface area contributed by atoms with E-state index in [1.807, 2.05) is 48.5 Å². The number of nitrogens with one attached hydrogen (secondary N) is 1. The van der Waals surface area contributed by atoms with Crippen LogP contribution in [0.1, 0.15) is 17.8 Å². The topological polar surface area (TPSA) is 119 Å². The number of nitrogens with two attached hydrogens (primary N) is 1. The van der Waals surface area contributed by atoms with E-state index in [1.54, 1.807) is 6.08 Å². The van der Waals surface area contributed by atoms with Gasteiger partial charge in [0.05, 0.1) is 18.8 Å². The summed E-state index contributed by atoms with van der Waals surface area (Å²) in [6, 6.07) is 17.1. The zero-order valence-electron chi connectivity index (χ0n) is 15.5. The van der Waals surface area contributed by atoms with E-state index in [2.05, 4.69) is 26.3 Å². The Bertz CT molecular complexity index is 1090. The van der Waals surface area contributed by atoms with Crippen molar-refractivity contribution in [1.29, 1.82) is 5.26 Å². The van der Waals surface area contributed by atoms with Gasteiger partial charge in [-0.05, 0) is 24.3 Å². The molecule has 3 aromatic rings. The Balaban J connectivity index is 1.71. The van der Waals surface area contributed by atoms with Gasteiger partial charge >= 0.3 is 0 Å². The van der Waals surface area contributed by atoms with Gasteiger partial charge in [0.1, 0.15) is 6.07 Å². The van der Waals surface area contributed by atoms with Gasteiger partial charge in [0.25, 0.3) is 0 Å². The van der Waals surface area contributed by atoms with E-state index in [-0.39, 0.29) is 23.3 Å². The number of anilines is 3. The zero-order valence-corrected chi connectivity index (χ0v) is 15.5. The highest BCUT2D eigenvalue weighted by Gasteiger charge is 2.16. The lowest BCUT2D eigenvalue weighted by atomic mass is 10.1. The number of nitrogen functional groups attached to an aromatic ring is 1. The van der Waals surface area contributed by atoms with Crippen LogP contribution in [-0.4, -0.2) is 28.2 Å². The Morgan fingerprint density at radius 2 is 1.86 bits per heavy atom. The third-order valence-corrected chi connectivity index (χ3v) is 4.15. The van der Waals surface area contributed by atoms with Crippen LogP contribution in [0.5, 0.6) is 11.5 Å². The number of hydrogen-bond acceptors (Lipinski definition) is 8. The second kappa shape index (κ2) is 8.27. The van der Waals surface area contributed by atoms with Crippen LogP contribution in [-0.2, 0) is 0 Å². The monoisotopic (exact) mass is 386 g/mol. The number of hydrogen-bond donors (Lipinski definition) is 2. The predicted octanol–water partition coefficient (Wildman–Crippen LogP) is 3.42. The van der Waals surface area contributed by atoms with E-state index in [4.69, 9.17) is 15.2 Å². The number of para-hydroxylation sites is 2. The van der Waals surface area contributed by atoms with Gasteiger partial charge in [0, 0.05) is 17.7 Å². The van der Waals surface area contributed by atoms with E-state index >= 15 is 0 Å². The van der Waals surface area contributed by atoms with E-state index in [9.17, 15) is 5.26 Å². The Morgan fingerprint density at radius 1 is 1.03 bits per heavy atom. The van der Waals surface area contributed by atoms with Crippen molar-refractivity contribution < 1.29 is 9.47 Å². The number of rotatable bonds is 4. The molecule has 1 aliphatic rings. The molecule has 0 saturated carbocycles. The van der Waals surface area contributed by atoms with Crippen LogP contribution < -0.4 is 20.5 Å². The average Bonchev–Trinajstić information content (AvgIpc) is 2.98. The SMILES string of the molecule is N#C/C(=C/c1cccc2c1OCCCO2)c1nc(N)nc(Nc2ccccc2)n1. The average molecular weight is 386 g/mol. The Hall–Kier alpha value is -4.12. The highest BCUT2D eigenvalue weighted by atomic mass is 16.5. The van der Waals surface area contributed by atoms with Crippen molar-refractivity contribution in [3.05, 3.63) is 59.9 Å². The zero-order chi connectivity index (χ0) is 20.1. The molecule has 8 heteroatoms. The number of benzene rings is 2. The molecule has 0 saturated heterocycles. The van der Waals surface area contributed by atoms with Crippen LogP contribution in [0.3, 0.4) is 0 Å². The molecule has 3 N–H and O–H groups in total. The van der Waals surface area contributed by atoms with Crippen LogP contribution in [0.2, 0.25) is 0 Å². The van der Waals surface area contributed by atoms with Gasteiger partial charge in [0.15, 0.2) is 17.3 Å². The minimum atomic E-state index is 0.0149. The van der Waals surface area contributed by atoms with Crippen molar-refractivity contribution in [2.45, 2.75) is 6.42 Å². The summed E-state index contributed by atoms with van der Waals surface area (Å²) in [7, 11) is 0. The smallest absolute Gasteiger partial charge is 0.232 e. The van der Waals surface area contributed by atoms with Crippen molar-refractivity contribution in [3.8, 4) is 17.6 Å². The summed E-state index contributed by atoms with van der Waals surface area (Å²) in [6.07, 6.45) is 2.45. The lowest BCUT2D eigenvalue weighted by Crippen LogP contribution is -2.06. The second-order valence-corrected chi connectivity index (χ2v) is 6.23. The molecule has 0 spiro atoms. The van der Waals surface area contributed by atoms with Crippen LogP contribution in [0.25, 0.3) is 11.6 Å². The summed E-state index contributed by atoms with van der Waals surface area (Å²) in [5.41, 5.74) is 7.58. The number of ether oxygens (including phenoxy) is 2. The van der Waals surface area contributed by atoms with Crippen molar-refractivity contribution >= 4 is 29.2 Å². The predicted molar refractivity (Wildman–Crippen MR) is 109 cm³/mol. The highest BCUT2D eigenvalue weighted by molar-refractivity contribution is 5.89. The maximum Gasteiger partial charge on any atom is 0.232 e. The summed E-state index contributed by atoms with van der Waals surface area (Å²) in [4.78, 5) is 12.6. The molecular weight excluding hydrogens is 368 g/mol. The van der Waals surface area contributed by atoms with E-state index < -0.39 is 0 Å². The molecule has 8 nitrogen and oxygen atoms in total. The first kappa shape index (κ1) is 18.3. The quantitative estimate of drug-likeness (QED) is 0.655. The van der Waals surface area contributed by atoms with E-state index in [0.29, 0.717) is 30.3 Å². The Morgan fingerprint density at radius 3 is 2.69 bits per heavy atom. The second-order valence-electron chi connectivity index (χ2n) is 6.23. The molecule has 29 heavy (non-hydrogen) atoms. The standard InChI is InChI=1S/C21H18N6O2/c22-13-15(12-14-6-4-9-17-18(14)29-11-5-10-28-17)19-25-20(23)27-21(26-19)24-16-7-2-1-3-8-16/h1-4,6-9,12H,5,10-11H2,(H3,23,24,25,26,27)/b15-12-. The van der Waals surface area contributed by atoms with Gasteiger partial charge in [-0.2, -0.15) is 20.2 Å². The number of fused-ring (bicyclic) bond motifs is 1. The van der Waals surface area contributed by atoms with Crippen molar-refractivity contribution in [2.75, 3.05) is 24.3 Å². The van der Waals surface area contributed by atoms with Crippen molar-refractivity contribution in [1.82, 2.24) is 15.0 Å². The first-order chi connectivity index (χ1) is 14.2. The molecule has 2 heterocycles. The molecule has 0 radical (unpaired) electrons. The molecule has 0 unspecified atom stereocenters. The fourth-order valence-corrected chi connectivity index (χ4v) is 2.85. The van der Waals surface area contributed by atoms with Crippen molar-refractivity contribution in [3.63, 3.8) is 0 Å². The molecule has 1 aromatic heterocycles. The fourth-order valence-electron chi connectivity index (χ4n) is 2.85. The van der Waals surface area contributed by atoms with Gasteiger partial charge in [-0.3, -0.25) is 0 Å². The third-order valence-electron chi connectivity index (χ3n) is 4.15. The first-order valence-corrected chi connectivity index (χ1v) is 9.07. The van der Waals surface area contributed by atoms with E-state index in [1.165, 1.54) is 0 Å². The summed E-state index contributed by atoms with van der Waals surface area (Å²) >= 11 is 0. The molecular formula is C21H18N6O2. The molecule has 144 valence electrons. The third kappa shape index (κ3) is 4.25. The van der Waals surface area contributed by atoms with Gasteiger partial charge in [-0.15, -0.1) is 0 Å². The molecule has 4 rings (SSSR count). The normalized spacial score (nSPS) is 13.3. The van der Waals surface area contributed by atoms with Gasteiger partial charge in [-0.25, -0.2) is 0 Å². The highest BCUT2D eigenvalue weighted by Crippen LogP contribution is 2.35. The minimum absolute atomic E-state index is 0.0149. The summed E-state index contributed by atoms with van der Waals surface area (Å²) in [5.74, 6) is 1.69. The number of nitriles is 1. The number of allylic oxidation sites excluding steroid dienone is 1. The Kier molecular flexibility index (Phi) is 5.21. The maximum absolute atomic E-state index is 9.72. The van der Waals surface area contributed by atoms with E-state index in [0.717, 1.165) is 12.1 Å².